The van der Waals surface area contributed by atoms with Crippen LogP contribution in [0.3, 0.4) is 0 Å². The highest BCUT2D eigenvalue weighted by molar-refractivity contribution is 9.10. The SMILES string of the molecule is Cc1c(Br)c(C(F)F)nn1CC(=O)N1CCN(Cc2cnn(C)c2)CC1. The van der Waals surface area contributed by atoms with Gasteiger partial charge in [0.2, 0.25) is 5.91 Å². The van der Waals surface area contributed by atoms with Crippen LogP contribution >= 0.6 is 15.9 Å². The van der Waals surface area contributed by atoms with Crippen molar-refractivity contribution in [3.63, 3.8) is 0 Å². The summed E-state index contributed by atoms with van der Waals surface area (Å²) in [7, 11) is 1.88. The van der Waals surface area contributed by atoms with Gasteiger partial charge in [-0.2, -0.15) is 10.2 Å². The Morgan fingerprint density at radius 1 is 1.31 bits per heavy atom. The van der Waals surface area contributed by atoms with Crippen molar-refractivity contribution in [3.05, 3.63) is 33.8 Å². The second kappa shape index (κ2) is 7.83. The molecule has 10 heteroatoms. The van der Waals surface area contributed by atoms with E-state index in [0.717, 1.165) is 25.2 Å². The summed E-state index contributed by atoms with van der Waals surface area (Å²) in [5.41, 5.74) is 1.35. The van der Waals surface area contributed by atoms with E-state index in [0.29, 0.717) is 18.8 Å². The number of carbonyl (C=O) groups is 1. The van der Waals surface area contributed by atoms with Crippen LogP contribution in [0.4, 0.5) is 8.78 Å². The number of alkyl halides is 2. The van der Waals surface area contributed by atoms with Crippen molar-refractivity contribution >= 4 is 21.8 Å². The van der Waals surface area contributed by atoms with Crippen molar-refractivity contribution in [1.29, 1.82) is 0 Å². The Labute approximate surface area is 158 Å². The van der Waals surface area contributed by atoms with E-state index in [1.807, 2.05) is 19.4 Å². The standard InChI is InChI=1S/C16H21BrF2N6O/c1-11-14(17)15(16(18)19)21-25(11)10-13(26)24-5-3-23(4-6-24)9-12-7-20-22(2)8-12/h7-8,16H,3-6,9-10H2,1-2H3. The molecule has 26 heavy (non-hydrogen) atoms. The molecule has 7 nitrogen and oxygen atoms in total. The zero-order chi connectivity index (χ0) is 18.8. The third-order valence-corrected chi connectivity index (χ3v) is 5.52. The number of hydrogen-bond donors (Lipinski definition) is 0. The van der Waals surface area contributed by atoms with E-state index in [-0.39, 0.29) is 22.6 Å². The lowest BCUT2D eigenvalue weighted by Gasteiger charge is -2.34. The Morgan fingerprint density at radius 3 is 2.54 bits per heavy atom. The smallest absolute Gasteiger partial charge is 0.283 e. The molecule has 3 heterocycles. The van der Waals surface area contributed by atoms with Gasteiger partial charge in [0, 0.05) is 51.5 Å². The van der Waals surface area contributed by atoms with Gasteiger partial charge in [0.25, 0.3) is 6.43 Å². The zero-order valence-electron chi connectivity index (χ0n) is 14.7. The van der Waals surface area contributed by atoms with Gasteiger partial charge >= 0.3 is 0 Å². The van der Waals surface area contributed by atoms with Crippen LogP contribution in [0.25, 0.3) is 0 Å². The van der Waals surface area contributed by atoms with Crippen LogP contribution < -0.4 is 0 Å². The number of halogens is 3. The van der Waals surface area contributed by atoms with Gasteiger partial charge in [-0.1, -0.05) is 0 Å². The number of rotatable bonds is 5. The molecular formula is C16H21BrF2N6O. The van der Waals surface area contributed by atoms with Gasteiger partial charge in [-0.3, -0.25) is 19.1 Å². The first-order valence-corrected chi connectivity index (χ1v) is 9.13. The molecule has 1 aliphatic heterocycles. The van der Waals surface area contributed by atoms with E-state index in [1.54, 1.807) is 16.5 Å². The molecule has 1 saturated heterocycles. The van der Waals surface area contributed by atoms with Gasteiger partial charge in [-0.05, 0) is 22.9 Å². The third-order valence-electron chi connectivity index (χ3n) is 4.54. The zero-order valence-corrected chi connectivity index (χ0v) is 16.3. The van der Waals surface area contributed by atoms with E-state index >= 15 is 0 Å². The van der Waals surface area contributed by atoms with Gasteiger partial charge < -0.3 is 4.90 Å². The summed E-state index contributed by atoms with van der Waals surface area (Å²) < 4.78 is 29.2. The average molecular weight is 431 g/mol. The minimum Gasteiger partial charge on any atom is -0.339 e. The summed E-state index contributed by atoms with van der Waals surface area (Å²) in [6, 6.07) is 0. The second-order valence-corrected chi connectivity index (χ2v) is 7.22. The molecule has 1 amide bonds. The molecule has 2 aromatic heterocycles. The lowest BCUT2D eigenvalue weighted by Crippen LogP contribution is -2.49. The van der Waals surface area contributed by atoms with E-state index in [9.17, 15) is 13.6 Å². The Hall–Kier alpha value is -1.81. The molecule has 0 spiro atoms. The van der Waals surface area contributed by atoms with Crippen molar-refractivity contribution in [1.82, 2.24) is 29.4 Å². The minimum absolute atomic E-state index is 0.0280. The maximum absolute atomic E-state index is 12.9. The van der Waals surface area contributed by atoms with E-state index in [2.05, 4.69) is 31.0 Å². The Bertz CT molecular complexity index is 782. The molecule has 1 fully saturated rings. The first-order chi connectivity index (χ1) is 12.3. The fourth-order valence-corrected chi connectivity index (χ4v) is 3.49. The molecule has 0 saturated carbocycles. The number of aryl methyl sites for hydroxylation is 1. The van der Waals surface area contributed by atoms with Gasteiger partial charge in [0.15, 0.2) is 0 Å². The molecular weight excluding hydrogens is 410 g/mol. The molecule has 0 aromatic carbocycles. The first kappa shape index (κ1) is 19.0. The summed E-state index contributed by atoms with van der Waals surface area (Å²) in [6.07, 6.45) is 1.16. The van der Waals surface area contributed by atoms with E-state index in [4.69, 9.17) is 0 Å². The number of carbonyl (C=O) groups excluding carboxylic acids is 1. The molecule has 0 atom stereocenters. The van der Waals surface area contributed by atoms with Gasteiger partial charge in [0.1, 0.15) is 12.2 Å². The Morgan fingerprint density at radius 2 is 2.00 bits per heavy atom. The first-order valence-electron chi connectivity index (χ1n) is 8.33. The summed E-state index contributed by atoms with van der Waals surface area (Å²) in [6.45, 7) is 5.21. The molecule has 0 N–H and O–H groups in total. The van der Waals surface area contributed by atoms with Gasteiger partial charge in [-0.15, -0.1) is 0 Å². The van der Waals surface area contributed by atoms with Crippen molar-refractivity contribution in [2.45, 2.75) is 26.4 Å². The van der Waals surface area contributed by atoms with Gasteiger partial charge in [0.05, 0.1) is 16.4 Å². The predicted octanol–water partition coefficient (Wildman–Crippen LogP) is 1.97. The summed E-state index contributed by atoms with van der Waals surface area (Å²) in [5.74, 6) is -0.107. The molecule has 0 unspecified atom stereocenters. The number of piperazine rings is 1. The molecule has 0 bridgehead atoms. The fraction of sp³-hybridized carbons (Fsp3) is 0.562. The normalized spacial score (nSPS) is 15.8. The van der Waals surface area contributed by atoms with Crippen molar-refractivity contribution in [3.8, 4) is 0 Å². The third kappa shape index (κ3) is 4.12. The van der Waals surface area contributed by atoms with E-state index in [1.165, 1.54) is 4.68 Å². The highest BCUT2D eigenvalue weighted by Gasteiger charge is 2.25. The number of nitrogens with zero attached hydrogens (tertiary/aromatic N) is 6. The predicted molar refractivity (Wildman–Crippen MR) is 94.7 cm³/mol. The number of aromatic nitrogens is 4. The lowest BCUT2D eigenvalue weighted by molar-refractivity contribution is -0.133. The molecule has 1 aliphatic rings. The second-order valence-electron chi connectivity index (χ2n) is 6.42. The number of hydrogen-bond acceptors (Lipinski definition) is 4. The van der Waals surface area contributed by atoms with Crippen LogP contribution in [0, 0.1) is 6.92 Å². The Balaban J connectivity index is 1.55. The lowest BCUT2D eigenvalue weighted by atomic mass is 10.2. The summed E-state index contributed by atoms with van der Waals surface area (Å²) in [5, 5.41) is 8.03. The van der Waals surface area contributed by atoms with Crippen LogP contribution in [0.1, 0.15) is 23.4 Å². The average Bonchev–Trinajstić information content (AvgIpc) is 3.13. The molecule has 0 radical (unpaired) electrons. The maximum Gasteiger partial charge on any atom is 0.283 e. The quantitative estimate of drug-likeness (QED) is 0.727. The highest BCUT2D eigenvalue weighted by atomic mass is 79.9. The largest absolute Gasteiger partial charge is 0.339 e. The Kier molecular flexibility index (Phi) is 5.71. The highest BCUT2D eigenvalue weighted by Crippen LogP contribution is 2.29. The van der Waals surface area contributed by atoms with Crippen molar-refractivity contribution < 1.29 is 13.6 Å². The fourth-order valence-electron chi connectivity index (χ4n) is 3.04. The summed E-state index contributed by atoms with van der Waals surface area (Å²) in [4.78, 5) is 16.5. The molecule has 142 valence electrons. The van der Waals surface area contributed by atoms with Crippen LogP contribution in [-0.2, 0) is 24.9 Å². The monoisotopic (exact) mass is 430 g/mol. The molecule has 2 aromatic rings. The molecule has 3 rings (SSSR count). The topological polar surface area (TPSA) is 59.2 Å². The van der Waals surface area contributed by atoms with Crippen molar-refractivity contribution in [2.24, 2.45) is 7.05 Å². The maximum atomic E-state index is 12.9. The van der Waals surface area contributed by atoms with Crippen LogP contribution in [0.2, 0.25) is 0 Å². The molecule has 0 aliphatic carbocycles. The van der Waals surface area contributed by atoms with Crippen LogP contribution in [0.5, 0.6) is 0 Å². The van der Waals surface area contributed by atoms with Crippen molar-refractivity contribution in [2.75, 3.05) is 26.2 Å². The number of amides is 1. The minimum atomic E-state index is -2.67. The van der Waals surface area contributed by atoms with Crippen LogP contribution in [0.15, 0.2) is 16.9 Å². The summed E-state index contributed by atoms with van der Waals surface area (Å²) >= 11 is 3.13. The van der Waals surface area contributed by atoms with E-state index < -0.39 is 6.43 Å². The van der Waals surface area contributed by atoms with Crippen LogP contribution in [-0.4, -0.2) is 61.4 Å². The van der Waals surface area contributed by atoms with Gasteiger partial charge in [-0.25, -0.2) is 8.78 Å².